The Bertz CT molecular complexity index is 625. The zero-order valence-corrected chi connectivity index (χ0v) is 24.1. The normalized spacial score (nSPS) is 18.7. The van der Waals surface area contributed by atoms with Crippen LogP contribution in [0.3, 0.4) is 0 Å². The van der Waals surface area contributed by atoms with Gasteiger partial charge in [-0.05, 0) is 20.3 Å². The Morgan fingerprint density at radius 2 is 1.29 bits per heavy atom. The molecular formula is C27H56N2O5S. The van der Waals surface area contributed by atoms with E-state index in [2.05, 4.69) is 18.0 Å². The largest absolute Gasteiger partial charge is 0.726 e. The Morgan fingerprint density at radius 1 is 0.857 bits per heavy atom. The van der Waals surface area contributed by atoms with Crippen LogP contribution in [0.15, 0.2) is 4.99 Å². The molecule has 1 rings (SSSR count). The Balaban J connectivity index is 0.00000143. The maximum absolute atomic E-state index is 10.2. The molecular weight excluding hydrogens is 464 g/mol. The van der Waals surface area contributed by atoms with E-state index in [1.165, 1.54) is 115 Å². The number of hydrogen-bond donors (Lipinski definition) is 1. The van der Waals surface area contributed by atoms with E-state index in [4.69, 9.17) is 4.99 Å². The average Bonchev–Trinajstić information content (AvgIpc) is 3.22. The van der Waals surface area contributed by atoms with Gasteiger partial charge in [-0.15, -0.1) is 0 Å². The second-order valence-corrected chi connectivity index (χ2v) is 10.9. The summed E-state index contributed by atoms with van der Waals surface area (Å²) in [4.78, 5) is 4.72. The number of hydrogen-bond acceptors (Lipinski definition) is 6. The highest BCUT2D eigenvalue weighted by atomic mass is 32.3. The fourth-order valence-corrected chi connectivity index (χ4v) is 5.20. The number of unbranched alkanes of at least 4 members (excludes halogenated alkanes) is 15. The lowest BCUT2D eigenvalue weighted by molar-refractivity contribution is -0.882. The van der Waals surface area contributed by atoms with E-state index in [0.717, 1.165) is 30.5 Å². The molecule has 0 aliphatic carbocycles. The lowest BCUT2D eigenvalue weighted by atomic mass is 10.0. The number of aliphatic hydroxyl groups is 1. The van der Waals surface area contributed by atoms with Gasteiger partial charge in [0.05, 0.1) is 19.7 Å². The first-order valence-electron chi connectivity index (χ1n) is 14.4. The van der Waals surface area contributed by atoms with Gasteiger partial charge in [0.15, 0.2) is 6.23 Å². The van der Waals surface area contributed by atoms with Crippen LogP contribution in [0.1, 0.15) is 137 Å². The van der Waals surface area contributed by atoms with Crippen LogP contribution in [-0.4, -0.2) is 60.9 Å². The minimum absolute atomic E-state index is 0.0914. The number of quaternary nitrogens is 1. The molecule has 2 unspecified atom stereocenters. The van der Waals surface area contributed by atoms with Gasteiger partial charge < -0.3 is 9.66 Å². The van der Waals surface area contributed by atoms with Crippen LogP contribution in [0.2, 0.25) is 0 Å². The van der Waals surface area contributed by atoms with Crippen molar-refractivity contribution in [2.24, 2.45) is 4.99 Å². The smallest absolute Gasteiger partial charge is 0.217 e. The first-order chi connectivity index (χ1) is 16.7. The molecule has 35 heavy (non-hydrogen) atoms. The van der Waals surface area contributed by atoms with E-state index in [-0.39, 0.29) is 12.8 Å². The molecule has 1 aliphatic heterocycles. The van der Waals surface area contributed by atoms with Crippen LogP contribution in [0.25, 0.3) is 0 Å². The van der Waals surface area contributed by atoms with Crippen molar-refractivity contribution >= 4 is 16.2 Å². The molecule has 0 bridgehead atoms. The molecule has 1 heterocycles. The molecule has 0 spiro atoms. The maximum atomic E-state index is 10.2. The predicted molar refractivity (Wildman–Crippen MR) is 145 cm³/mol. The fraction of sp³-hybridized carbons (Fsp3) is 0.963. The third kappa shape index (κ3) is 17.5. The third-order valence-corrected chi connectivity index (χ3v) is 7.63. The van der Waals surface area contributed by atoms with Crippen LogP contribution in [0.4, 0.5) is 0 Å². The molecule has 0 fully saturated rings. The van der Waals surface area contributed by atoms with Crippen molar-refractivity contribution in [3.8, 4) is 0 Å². The van der Waals surface area contributed by atoms with E-state index in [1.807, 2.05) is 6.92 Å². The van der Waals surface area contributed by atoms with E-state index < -0.39 is 10.4 Å². The summed E-state index contributed by atoms with van der Waals surface area (Å²) in [6.07, 6.45) is 23.4. The number of nitrogens with zero attached hydrogens (tertiary/aromatic N) is 2. The lowest BCUT2D eigenvalue weighted by Gasteiger charge is -2.36. The van der Waals surface area contributed by atoms with Crippen LogP contribution >= 0.6 is 0 Å². The Labute approximate surface area is 217 Å². The van der Waals surface area contributed by atoms with E-state index >= 15 is 0 Å². The third-order valence-electron chi connectivity index (χ3n) is 7.10. The monoisotopic (exact) mass is 520 g/mol. The summed E-state index contributed by atoms with van der Waals surface area (Å²) < 4.78 is 32.7. The van der Waals surface area contributed by atoms with Crippen molar-refractivity contribution in [2.75, 3.05) is 26.2 Å². The van der Waals surface area contributed by atoms with Gasteiger partial charge in [-0.3, -0.25) is 8.67 Å². The highest BCUT2D eigenvalue weighted by Crippen LogP contribution is 2.23. The zero-order valence-electron chi connectivity index (χ0n) is 23.3. The molecule has 1 aliphatic rings. The van der Waals surface area contributed by atoms with Gasteiger partial charge in [0.2, 0.25) is 16.2 Å². The fourth-order valence-electron chi connectivity index (χ4n) is 4.91. The summed E-state index contributed by atoms with van der Waals surface area (Å²) in [7, 11) is -4.42. The first-order valence-corrected chi connectivity index (χ1v) is 15.8. The van der Waals surface area contributed by atoms with Crippen molar-refractivity contribution < 1.29 is 26.7 Å². The minimum atomic E-state index is -4.42. The summed E-state index contributed by atoms with van der Waals surface area (Å²) in [6, 6.07) is 0. The lowest BCUT2D eigenvalue weighted by Crippen LogP contribution is -2.56. The second-order valence-electron chi connectivity index (χ2n) is 9.87. The zero-order chi connectivity index (χ0) is 26.4. The summed E-state index contributed by atoms with van der Waals surface area (Å²) in [6.45, 7) is 10.6. The van der Waals surface area contributed by atoms with Gasteiger partial charge in [-0.1, -0.05) is 103 Å². The standard InChI is InChI=1S/C25H51N2O.C2H6O4S/c1-4-6-7-8-9-10-11-12-13-14-15-16-17-18-19-20-21-25-26-22-23-27(25,5-2)24(3)28;1-2-6-7(3,4)5/h24,28H,4-23H2,1-3H3;2H2,1H3,(H,3,4,5)/q+1;/p-1. The van der Waals surface area contributed by atoms with Crippen LogP contribution < -0.4 is 0 Å². The van der Waals surface area contributed by atoms with Gasteiger partial charge in [0, 0.05) is 13.3 Å². The summed E-state index contributed by atoms with van der Waals surface area (Å²) >= 11 is 0. The molecule has 0 saturated carbocycles. The van der Waals surface area contributed by atoms with Crippen LogP contribution in [-0.2, 0) is 14.6 Å². The summed E-state index contributed by atoms with van der Waals surface area (Å²) in [5, 5.41) is 10.2. The van der Waals surface area contributed by atoms with Gasteiger partial charge in [0.25, 0.3) is 0 Å². The molecule has 0 amide bonds. The first kappa shape index (κ1) is 34.5. The Hall–Kier alpha value is -0.540. The molecule has 8 heteroatoms. The van der Waals surface area contributed by atoms with Gasteiger partial charge in [-0.25, -0.2) is 13.4 Å². The summed E-state index contributed by atoms with van der Waals surface area (Å²) in [5.74, 6) is 1.25. The molecule has 0 radical (unpaired) electrons. The number of amidine groups is 1. The van der Waals surface area contributed by atoms with Crippen molar-refractivity contribution in [3.05, 3.63) is 0 Å². The molecule has 0 aromatic heterocycles. The van der Waals surface area contributed by atoms with E-state index in [9.17, 15) is 18.1 Å². The SMILES string of the molecule is CCCCCCCCCCCCCCCCCCC1=NCC[N+]1(CC)C(C)O.CCOS(=O)(=O)[O-]. The Morgan fingerprint density at radius 3 is 1.60 bits per heavy atom. The topological polar surface area (TPSA) is 99.0 Å². The molecule has 0 aromatic rings. The quantitative estimate of drug-likeness (QED) is 0.0785. The molecule has 0 aromatic carbocycles. The van der Waals surface area contributed by atoms with Gasteiger partial charge in [-0.2, -0.15) is 0 Å². The van der Waals surface area contributed by atoms with Gasteiger partial charge >= 0.3 is 0 Å². The molecule has 210 valence electrons. The minimum Gasteiger partial charge on any atom is -0.726 e. The van der Waals surface area contributed by atoms with Crippen molar-refractivity contribution in [1.82, 2.24) is 0 Å². The number of aliphatic hydroxyl groups excluding tert-OH is 1. The molecule has 7 nitrogen and oxygen atoms in total. The van der Waals surface area contributed by atoms with Crippen LogP contribution in [0, 0.1) is 0 Å². The number of likely N-dealkylation sites (N-methyl/N-ethyl adjacent to an activating group) is 1. The van der Waals surface area contributed by atoms with Crippen LogP contribution in [0.5, 0.6) is 0 Å². The van der Waals surface area contributed by atoms with Crippen molar-refractivity contribution in [2.45, 2.75) is 143 Å². The van der Waals surface area contributed by atoms with Crippen molar-refractivity contribution in [3.63, 3.8) is 0 Å². The molecule has 1 N–H and O–H groups in total. The molecule has 2 atom stereocenters. The van der Waals surface area contributed by atoms with Gasteiger partial charge in [0.1, 0.15) is 6.54 Å². The molecule has 0 saturated heterocycles. The maximum Gasteiger partial charge on any atom is 0.217 e. The highest BCUT2D eigenvalue weighted by Gasteiger charge is 2.40. The van der Waals surface area contributed by atoms with E-state index in [1.54, 1.807) is 0 Å². The highest BCUT2D eigenvalue weighted by molar-refractivity contribution is 7.80. The van der Waals surface area contributed by atoms with Crippen molar-refractivity contribution in [1.29, 1.82) is 0 Å². The predicted octanol–water partition coefficient (Wildman–Crippen LogP) is 6.71. The number of rotatable bonds is 21. The Kier molecular flexibility index (Phi) is 21.2. The average molecular weight is 521 g/mol. The van der Waals surface area contributed by atoms with E-state index in [0.29, 0.717) is 0 Å². The number of aliphatic imine (C=N–C) groups is 1. The summed E-state index contributed by atoms with van der Waals surface area (Å²) in [5.41, 5.74) is 0. The second kappa shape index (κ2) is 21.5.